The molecule has 3 fully saturated rings. The highest BCUT2D eigenvalue weighted by atomic mass is 32.1. The number of carbonyl (C=O) groups is 2. The minimum atomic E-state index is -1.40. The smallest absolute Gasteiger partial charge is 0.378 e. The monoisotopic (exact) mass is 267 g/mol. The minimum absolute atomic E-state index is 0.271. The van der Waals surface area contributed by atoms with E-state index in [1.165, 1.54) is 45.0 Å². The fraction of sp³-hybridized carbons (Fsp3) is 0.538. The maximum absolute atomic E-state index is 10.6. The number of aliphatic carboxylic acids is 1. The molecule has 1 N–H and O–H groups in total. The Morgan fingerprint density at radius 1 is 1.22 bits per heavy atom. The van der Waals surface area contributed by atoms with Crippen LogP contribution in [0.3, 0.4) is 0 Å². The van der Waals surface area contributed by atoms with Gasteiger partial charge >= 0.3 is 5.97 Å². The summed E-state index contributed by atoms with van der Waals surface area (Å²) < 4.78 is 0. The number of thiophene rings is 1. The van der Waals surface area contributed by atoms with E-state index in [0.29, 0.717) is 0 Å². The van der Waals surface area contributed by atoms with Crippen molar-refractivity contribution in [1.82, 2.24) is 4.90 Å². The van der Waals surface area contributed by atoms with E-state index < -0.39 is 11.8 Å². The Balaban J connectivity index is 0.000000136. The molecule has 0 spiro atoms. The van der Waals surface area contributed by atoms with Crippen LogP contribution in [0.1, 0.15) is 28.9 Å². The van der Waals surface area contributed by atoms with Crippen molar-refractivity contribution in [2.24, 2.45) is 5.92 Å². The topological polar surface area (TPSA) is 57.6 Å². The molecule has 0 amide bonds. The van der Waals surface area contributed by atoms with Crippen LogP contribution in [0.25, 0.3) is 0 Å². The van der Waals surface area contributed by atoms with E-state index in [4.69, 9.17) is 5.11 Å². The first-order valence-corrected chi connectivity index (χ1v) is 7.08. The molecule has 18 heavy (non-hydrogen) atoms. The zero-order valence-electron chi connectivity index (χ0n) is 10.2. The van der Waals surface area contributed by atoms with Crippen molar-refractivity contribution in [2.45, 2.75) is 19.3 Å². The summed E-state index contributed by atoms with van der Waals surface area (Å²) in [6.07, 6.45) is 4.46. The summed E-state index contributed by atoms with van der Waals surface area (Å²) in [5, 5.41) is 9.87. The predicted molar refractivity (Wildman–Crippen MR) is 70.1 cm³/mol. The number of carboxylic acid groups (broad SMARTS) is 1. The first kappa shape index (κ1) is 13.2. The fourth-order valence-electron chi connectivity index (χ4n) is 2.38. The summed E-state index contributed by atoms with van der Waals surface area (Å²) in [6, 6.07) is 3.13. The number of hydrogen-bond donors (Lipinski definition) is 1. The third kappa shape index (κ3) is 3.40. The highest BCUT2D eigenvalue weighted by molar-refractivity contribution is 7.12. The quantitative estimate of drug-likeness (QED) is 0.658. The van der Waals surface area contributed by atoms with E-state index in [0.717, 1.165) is 17.3 Å². The molecule has 0 saturated carbocycles. The van der Waals surface area contributed by atoms with Crippen LogP contribution in [0.15, 0.2) is 17.5 Å². The highest BCUT2D eigenvalue weighted by Gasteiger charge is 2.24. The van der Waals surface area contributed by atoms with Crippen LogP contribution in [0.5, 0.6) is 0 Å². The molecule has 3 aliphatic rings. The molecule has 2 bridgehead atoms. The molecule has 0 unspecified atom stereocenters. The molecule has 0 aromatic carbocycles. The summed E-state index contributed by atoms with van der Waals surface area (Å²) in [4.78, 5) is 23.5. The van der Waals surface area contributed by atoms with Gasteiger partial charge in [0.05, 0.1) is 4.88 Å². The van der Waals surface area contributed by atoms with Crippen LogP contribution in [0.2, 0.25) is 0 Å². The van der Waals surface area contributed by atoms with Crippen molar-refractivity contribution in [3.05, 3.63) is 22.4 Å². The first-order chi connectivity index (χ1) is 8.66. The molecular weight excluding hydrogens is 250 g/mol. The molecule has 0 atom stereocenters. The lowest BCUT2D eigenvalue weighted by molar-refractivity contribution is -0.131. The van der Waals surface area contributed by atoms with Crippen molar-refractivity contribution in [1.29, 1.82) is 0 Å². The van der Waals surface area contributed by atoms with Gasteiger partial charge in [0, 0.05) is 0 Å². The highest BCUT2D eigenvalue weighted by Crippen LogP contribution is 2.26. The van der Waals surface area contributed by atoms with E-state index >= 15 is 0 Å². The minimum Gasteiger partial charge on any atom is -0.475 e. The van der Waals surface area contributed by atoms with Crippen LogP contribution >= 0.6 is 11.3 Å². The van der Waals surface area contributed by atoms with Gasteiger partial charge in [-0.25, -0.2) is 4.79 Å². The summed E-state index contributed by atoms with van der Waals surface area (Å²) in [5.41, 5.74) is 0. The fourth-order valence-corrected chi connectivity index (χ4v) is 3.03. The van der Waals surface area contributed by atoms with Crippen LogP contribution in [-0.2, 0) is 4.79 Å². The van der Waals surface area contributed by atoms with Gasteiger partial charge in [-0.2, -0.15) is 0 Å². The zero-order valence-corrected chi connectivity index (χ0v) is 11.0. The number of hydrogen-bond acceptors (Lipinski definition) is 4. The lowest BCUT2D eigenvalue weighted by Gasteiger charge is -2.38. The summed E-state index contributed by atoms with van der Waals surface area (Å²) >= 11 is 1.13. The van der Waals surface area contributed by atoms with Crippen molar-refractivity contribution in [3.63, 3.8) is 0 Å². The number of Topliss-reactive ketones (excluding diaryl/α,β-unsaturated/α-hetero) is 1. The molecule has 4 nitrogen and oxygen atoms in total. The van der Waals surface area contributed by atoms with Crippen LogP contribution < -0.4 is 0 Å². The number of carboxylic acids is 1. The lowest BCUT2D eigenvalue weighted by Crippen LogP contribution is -2.41. The molecule has 1 aromatic rings. The molecule has 4 rings (SSSR count). The summed E-state index contributed by atoms with van der Waals surface area (Å²) in [5.74, 6) is -1.13. The van der Waals surface area contributed by atoms with Crippen molar-refractivity contribution < 1.29 is 14.7 Å². The number of carbonyl (C=O) groups excluding carboxylic acids is 1. The first-order valence-electron chi connectivity index (χ1n) is 6.20. The van der Waals surface area contributed by atoms with Crippen LogP contribution in [0.4, 0.5) is 0 Å². The average Bonchev–Trinajstić information content (AvgIpc) is 2.94. The van der Waals surface area contributed by atoms with Crippen LogP contribution in [0, 0.1) is 5.92 Å². The van der Waals surface area contributed by atoms with Gasteiger partial charge in [0.15, 0.2) is 0 Å². The predicted octanol–water partition coefficient (Wildman–Crippen LogP) is 2.12. The van der Waals surface area contributed by atoms with E-state index in [-0.39, 0.29) is 4.88 Å². The third-order valence-electron chi connectivity index (χ3n) is 3.50. The van der Waals surface area contributed by atoms with Gasteiger partial charge in [0.2, 0.25) is 0 Å². The second-order valence-electron chi connectivity index (χ2n) is 4.69. The van der Waals surface area contributed by atoms with Gasteiger partial charge in [-0.15, -0.1) is 11.3 Å². The Bertz CT molecular complexity index is 385. The van der Waals surface area contributed by atoms with Crippen molar-refractivity contribution in [2.75, 3.05) is 19.6 Å². The Morgan fingerprint density at radius 3 is 2.11 bits per heavy atom. The normalized spacial score (nSPS) is 25.1. The number of piperidine rings is 3. The largest absolute Gasteiger partial charge is 0.475 e. The molecule has 0 aliphatic carbocycles. The number of fused-ring (bicyclic) bond motifs is 3. The Kier molecular flexibility index (Phi) is 4.49. The Labute approximate surface area is 110 Å². The summed E-state index contributed by atoms with van der Waals surface area (Å²) in [7, 11) is 0. The molecule has 3 saturated heterocycles. The van der Waals surface area contributed by atoms with E-state index in [9.17, 15) is 9.59 Å². The Hall–Kier alpha value is -1.20. The zero-order chi connectivity index (χ0) is 13.0. The lowest BCUT2D eigenvalue weighted by atomic mass is 9.89. The number of nitrogens with zero attached hydrogens (tertiary/aromatic N) is 1. The second-order valence-corrected chi connectivity index (χ2v) is 5.63. The second kappa shape index (κ2) is 6.11. The maximum Gasteiger partial charge on any atom is 0.378 e. The van der Waals surface area contributed by atoms with E-state index in [1.807, 2.05) is 0 Å². The van der Waals surface area contributed by atoms with Gasteiger partial charge < -0.3 is 10.0 Å². The van der Waals surface area contributed by atoms with Crippen molar-refractivity contribution >= 4 is 23.1 Å². The molecule has 4 heterocycles. The molecular formula is C13H17NO3S. The number of rotatable bonds is 2. The molecule has 98 valence electrons. The SMILES string of the molecule is C1CN2CCC1CC2.O=C(O)C(=O)c1cccs1. The van der Waals surface area contributed by atoms with Gasteiger partial charge in [-0.3, -0.25) is 4.79 Å². The Morgan fingerprint density at radius 2 is 1.83 bits per heavy atom. The number of ketones is 1. The van der Waals surface area contributed by atoms with Crippen LogP contribution in [-0.4, -0.2) is 41.4 Å². The molecule has 5 heteroatoms. The standard InChI is InChI=1S/C7H13N.C6H4O3S/c1-4-8-5-2-7(1)3-6-8;7-5(6(8)9)4-2-1-3-10-4/h7H,1-6H2;1-3H,(H,8,9). The third-order valence-corrected chi connectivity index (χ3v) is 4.37. The average molecular weight is 267 g/mol. The molecule has 0 radical (unpaired) electrons. The van der Waals surface area contributed by atoms with Gasteiger partial charge in [0.25, 0.3) is 5.78 Å². The van der Waals surface area contributed by atoms with Gasteiger partial charge in [0.1, 0.15) is 0 Å². The van der Waals surface area contributed by atoms with E-state index in [2.05, 4.69) is 4.90 Å². The summed E-state index contributed by atoms with van der Waals surface area (Å²) in [6.45, 7) is 4.18. The molecule has 3 aliphatic heterocycles. The molecule has 1 aromatic heterocycles. The van der Waals surface area contributed by atoms with Crippen molar-refractivity contribution in [3.8, 4) is 0 Å². The maximum atomic E-state index is 10.6. The van der Waals surface area contributed by atoms with Gasteiger partial charge in [-0.05, 0) is 56.3 Å². The van der Waals surface area contributed by atoms with E-state index in [1.54, 1.807) is 11.4 Å². The van der Waals surface area contributed by atoms with Gasteiger partial charge in [-0.1, -0.05) is 6.07 Å².